The number of halogens is 2. The Hall–Kier alpha value is 0.423. The molecule has 0 saturated carbocycles. The number of benzene rings is 1. The maximum absolute atomic E-state index is 3.34. The molecule has 3 heteroatoms. The van der Waals surface area contributed by atoms with E-state index in [4.69, 9.17) is 0 Å². The molecule has 1 aromatic carbocycles. The van der Waals surface area contributed by atoms with Gasteiger partial charge in [-0.25, -0.2) is 0 Å². The maximum atomic E-state index is 3.34. The van der Waals surface area contributed by atoms with E-state index in [0.717, 1.165) is 6.42 Å². The Morgan fingerprint density at radius 2 is 1.81 bits per heavy atom. The zero-order valence-corrected chi connectivity index (χ0v) is 13.7. The zero-order valence-electron chi connectivity index (χ0n) is 9.77. The van der Waals surface area contributed by atoms with E-state index in [1.165, 1.54) is 16.7 Å². The second-order valence-electron chi connectivity index (χ2n) is 4.68. The van der Waals surface area contributed by atoms with Crippen LogP contribution in [0, 0.1) is 6.07 Å². The van der Waals surface area contributed by atoms with E-state index in [1.54, 1.807) is 0 Å². The molecular formula is C13H15Cl2Zr. The maximum Gasteiger partial charge on any atom is 3.00 e. The monoisotopic (exact) mass is 331 g/mol. The molecule has 0 aliphatic heterocycles. The molecule has 1 aliphatic carbocycles. The molecule has 0 N–H and O–H groups in total. The van der Waals surface area contributed by atoms with Crippen molar-refractivity contribution in [3.8, 4) is 0 Å². The van der Waals surface area contributed by atoms with Crippen molar-refractivity contribution in [2.24, 2.45) is 0 Å². The molecule has 16 heavy (non-hydrogen) atoms. The summed E-state index contributed by atoms with van der Waals surface area (Å²) in [6, 6.07) is 7.77. The molecule has 1 radical (unpaired) electrons. The molecule has 0 amide bonds. The van der Waals surface area contributed by atoms with Crippen molar-refractivity contribution >= 4 is 6.08 Å². The summed E-state index contributed by atoms with van der Waals surface area (Å²) >= 11 is 0. The average Bonchev–Trinajstić information content (AvgIpc) is 2.47. The minimum atomic E-state index is 0. The number of hydrogen-bond acceptors (Lipinski definition) is 0. The summed E-state index contributed by atoms with van der Waals surface area (Å²) in [5.74, 6) is 0. The topological polar surface area (TPSA) is 0 Å². The predicted octanol–water partition coefficient (Wildman–Crippen LogP) is -2.64. The van der Waals surface area contributed by atoms with Crippen LogP contribution in [-0.4, -0.2) is 0 Å². The van der Waals surface area contributed by atoms with Crippen molar-refractivity contribution in [2.45, 2.75) is 32.6 Å². The summed E-state index contributed by atoms with van der Waals surface area (Å²) in [5, 5.41) is 0. The fourth-order valence-electron chi connectivity index (χ4n) is 1.62. The van der Waals surface area contributed by atoms with Crippen LogP contribution in [0.3, 0.4) is 0 Å². The van der Waals surface area contributed by atoms with Crippen LogP contribution >= 0.6 is 0 Å². The van der Waals surface area contributed by atoms with Crippen molar-refractivity contribution in [1.82, 2.24) is 0 Å². The van der Waals surface area contributed by atoms with E-state index >= 15 is 0 Å². The Morgan fingerprint density at radius 3 is 2.38 bits per heavy atom. The smallest absolute Gasteiger partial charge is 1.00 e. The standard InChI is InChI=1S/C13H15.2ClH.Zr/c1-13(2,3)12-8-7-10-5-4-6-11(10)9-12;;;/h4-5,8-9H,6H2,1-3H3;2*1H;/q-1;;;+3/p-2. The third kappa shape index (κ3) is 4.02. The van der Waals surface area contributed by atoms with E-state index in [1.807, 2.05) is 0 Å². The van der Waals surface area contributed by atoms with E-state index < -0.39 is 0 Å². The minimum absolute atomic E-state index is 0. The van der Waals surface area contributed by atoms with Gasteiger partial charge in [-0.05, 0) is 5.41 Å². The van der Waals surface area contributed by atoms with Gasteiger partial charge in [0.15, 0.2) is 0 Å². The van der Waals surface area contributed by atoms with Gasteiger partial charge in [-0.15, -0.1) is 47.0 Å². The van der Waals surface area contributed by atoms with Crippen LogP contribution in [0.4, 0.5) is 0 Å². The number of rotatable bonds is 0. The van der Waals surface area contributed by atoms with Crippen molar-refractivity contribution < 1.29 is 51.0 Å². The van der Waals surface area contributed by atoms with E-state index in [2.05, 4.69) is 51.1 Å². The molecule has 2 rings (SSSR count). The Kier molecular flexibility index (Phi) is 8.21. The van der Waals surface area contributed by atoms with E-state index in [-0.39, 0.29) is 56.4 Å². The van der Waals surface area contributed by atoms with Gasteiger partial charge in [0.25, 0.3) is 0 Å². The number of hydrogen-bond donors (Lipinski definition) is 0. The van der Waals surface area contributed by atoms with Crippen LogP contribution in [0.2, 0.25) is 0 Å². The quantitative estimate of drug-likeness (QED) is 0.456. The van der Waals surface area contributed by atoms with Crippen LogP contribution in [0.15, 0.2) is 18.2 Å². The summed E-state index contributed by atoms with van der Waals surface area (Å²) < 4.78 is 0. The Balaban J connectivity index is 0. The third-order valence-electron chi connectivity index (χ3n) is 2.55. The molecule has 0 saturated heterocycles. The SMILES string of the molecule is CC(C)(C)c1c[c-]c2c(c1)CC=C2.[Cl-].[Cl-].[Zr+3]. The van der Waals surface area contributed by atoms with Crippen LogP contribution in [0.25, 0.3) is 6.08 Å². The Bertz CT molecular complexity index is 365. The first-order chi connectivity index (χ1) is 6.07. The predicted molar refractivity (Wildman–Crippen MR) is 56.7 cm³/mol. The molecule has 0 heterocycles. The van der Waals surface area contributed by atoms with E-state index in [0.29, 0.717) is 0 Å². The summed E-state index contributed by atoms with van der Waals surface area (Å²) in [4.78, 5) is 0. The molecule has 0 bridgehead atoms. The molecule has 0 unspecified atom stereocenters. The van der Waals surface area contributed by atoms with Gasteiger partial charge >= 0.3 is 26.2 Å². The van der Waals surface area contributed by atoms with Gasteiger partial charge in [-0.1, -0.05) is 27.2 Å². The zero-order chi connectivity index (χ0) is 9.47. The Morgan fingerprint density at radius 1 is 1.19 bits per heavy atom. The molecule has 1 aliphatic rings. The van der Waals surface area contributed by atoms with Crippen molar-refractivity contribution in [2.75, 3.05) is 0 Å². The van der Waals surface area contributed by atoms with Gasteiger partial charge in [0, 0.05) is 0 Å². The van der Waals surface area contributed by atoms with Crippen LogP contribution in [0.5, 0.6) is 0 Å². The molecule has 0 fully saturated rings. The number of fused-ring (bicyclic) bond motifs is 1. The molecule has 0 nitrogen and oxygen atoms in total. The van der Waals surface area contributed by atoms with Crippen LogP contribution < -0.4 is 24.8 Å². The summed E-state index contributed by atoms with van der Waals surface area (Å²) in [5.41, 5.74) is 4.32. The van der Waals surface area contributed by atoms with Gasteiger partial charge in [-0.3, -0.25) is 0 Å². The van der Waals surface area contributed by atoms with Crippen LogP contribution in [0.1, 0.15) is 37.5 Å². The molecule has 85 valence electrons. The van der Waals surface area contributed by atoms with Gasteiger partial charge in [0.05, 0.1) is 0 Å². The van der Waals surface area contributed by atoms with Crippen LogP contribution in [-0.2, 0) is 38.0 Å². The first-order valence-corrected chi connectivity index (χ1v) is 4.79. The summed E-state index contributed by atoms with van der Waals surface area (Å²) in [7, 11) is 0. The Labute approximate surface area is 130 Å². The minimum Gasteiger partial charge on any atom is -1.00 e. The van der Waals surface area contributed by atoms with Gasteiger partial charge in [0.1, 0.15) is 0 Å². The van der Waals surface area contributed by atoms with E-state index in [9.17, 15) is 0 Å². The molecular weight excluding hydrogens is 318 g/mol. The number of allylic oxidation sites excluding steroid dienone is 1. The fourth-order valence-corrected chi connectivity index (χ4v) is 1.62. The molecule has 0 spiro atoms. The van der Waals surface area contributed by atoms with Gasteiger partial charge < -0.3 is 24.8 Å². The normalized spacial score (nSPS) is 11.9. The van der Waals surface area contributed by atoms with Gasteiger partial charge in [-0.2, -0.15) is 0 Å². The molecule has 1 aromatic rings. The van der Waals surface area contributed by atoms with Gasteiger partial charge in [0.2, 0.25) is 0 Å². The molecule has 0 atom stereocenters. The summed E-state index contributed by atoms with van der Waals surface area (Å²) in [6.07, 6.45) is 5.44. The van der Waals surface area contributed by atoms with Crippen molar-refractivity contribution in [3.63, 3.8) is 0 Å². The largest absolute Gasteiger partial charge is 3.00 e. The van der Waals surface area contributed by atoms with Crippen molar-refractivity contribution in [3.05, 3.63) is 41.0 Å². The average molecular weight is 333 g/mol. The third-order valence-corrected chi connectivity index (χ3v) is 2.55. The second kappa shape index (κ2) is 6.99. The first-order valence-electron chi connectivity index (χ1n) is 4.79. The van der Waals surface area contributed by atoms with Crippen molar-refractivity contribution in [1.29, 1.82) is 0 Å². The molecule has 0 aromatic heterocycles. The fraction of sp³-hybridized carbons (Fsp3) is 0.385. The first kappa shape index (κ1) is 18.8. The summed E-state index contributed by atoms with van der Waals surface area (Å²) in [6.45, 7) is 6.72. The second-order valence-corrected chi connectivity index (χ2v) is 4.68.